The van der Waals surface area contributed by atoms with Crippen molar-refractivity contribution in [1.29, 1.82) is 0 Å². The lowest BCUT2D eigenvalue weighted by Crippen LogP contribution is -2.37. The van der Waals surface area contributed by atoms with Gasteiger partial charge in [-0.3, -0.25) is 4.99 Å². The minimum atomic E-state index is 0. The molecule has 5 nitrogen and oxygen atoms in total. The van der Waals surface area contributed by atoms with Crippen LogP contribution in [-0.4, -0.2) is 31.1 Å². The van der Waals surface area contributed by atoms with E-state index in [1.54, 1.807) is 13.1 Å². The van der Waals surface area contributed by atoms with E-state index in [1.807, 2.05) is 30.3 Å². The zero-order valence-electron chi connectivity index (χ0n) is 16.1. The maximum absolute atomic E-state index is 5.70. The highest BCUT2D eigenvalue weighted by Crippen LogP contribution is 2.18. The average Bonchev–Trinajstić information content (AvgIpc) is 3.13. The van der Waals surface area contributed by atoms with E-state index in [0.717, 1.165) is 30.2 Å². The quantitative estimate of drug-likeness (QED) is 0.192. The molecule has 0 aliphatic heterocycles. The van der Waals surface area contributed by atoms with Crippen molar-refractivity contribution in [2.24, 2.45) is 4.99 Å². The van der Waals surface area contributed by atoms with Gasteiger partial charge in [-0.25, -0.2) is 0 Å². The molecule has 0 amide bonds. The van der Waals surface area contributed by atoms with E-state index in [2.05, 4.69) is 51.6 Å². The third-order valence-corrected chi connectivity index (χ3v) is 4.36. The number of ether oxygens (including phenoxy) is 1. The second-order valence-corrected chi connectivity index (χ2v) is 6.17. The Balaban J connectivity index is 0.00000280. The zero-order chi connectivity index (χ0) is 18.9. The number of halogens is 1. The number of nitrogens with one attached hydrogen (secondary N) is 3. The molecular formula is C22H27IN4O. The van der Waals surface area contributed by atoms with Gasteiger partial charge < -0.3 is 20.4 Å². The fraction of sp³-hybridized carbons (Fsp3) is 0.227. The Morgan fingerprint density at radius 2 is 1.89 bits per heavy atom. The van der Waals surface area contributed by atoms with Gasteiger partial charge in [0.1, 0.15) is 12.4 Å². The van der Waals surface area contributed by atoms with Crippen molar-refractivity contribution < 1.29 is 4.74 Å². The van der Waals surface area contributed by atoms with Gasteiger partial charge in [0.25, 0.3) is 0 Å². The number of nitrogens with zero attached hydrogens (tertiary/aromatic N) is 1. The normalized spacial score (nSPS) is 11.0. The smallest absolute Gasteiger partial charge is 0.191 e. The summed E-state index contributed by atoms with van der Waals surface area (Å²) >= 11 is 0. The highest BCUT2D eigenvalue weighted by molar-refractivity contribution is 14.0. The molecule has 1 aromatic heterocycles. The molecule has 0 saturated carbocycles. The Bertz CT molecular complexity index is 920. The first-order valence-corrected chi connectivity index (χ1v) is 9.13. The molecule has 3 rings (SSSR count). The lowest BCUT2D eigenvalue weighted by molar-refractivity contribution is 0.358. The largest absolute Gasteiger partial charge is 0.489 e. The molecule has 0 aliphatic rings. The van der Waals surface area contributed by atoms with Gasteiger partial charge in [-0.15, -0.1) is 24.0 Å². The van der Waals surface area contributed by atoms with Crippen LogP contribution in [0.3, 0.4) is 0 Å². The molecule has 1 heterocycles. The van der Waals surface area contributed by atoms with Gasteiger partial charge in [-0.05, 0) is 24.1 Å². The summed E-state index contributed by atoms with van der Waals surface area (Å²) in [6.07, 6.45) is 4.74. The van der Waals surface area contributed by atoms with Crippen LogP contribution < -0.4 is 15.4 Å². The molecule has 2 aromatic carbocycles. The SMILES string of the molecule is C=CCOc1ccccc1CNC(=NC)NCCc1c[nH]c2ccccc12.I. The topological polar surface area (TPSA) is 61.4 Å². The summed E-state index contributed by atoms with van der Waals surface area (Å²) in [4.78, 5) is 7.62. The third kappa shape index (κ3) is 5.76. The minimum Gasteiger partial charge on any atom is -0.489 e. The number of fused-ring (bicyclic) bond motifs is 1. The van der Waals surface area contributed by atoms with Gasteiger partial charge in [0.2, 0.25) is 0 Å². The lowest BCUT2D eigenvalue weighted by atomic mass is 10.1. The molecule has 0 unspecified atom stereocenters. The number of guanidine groups is 1. The molecule has 0 saturated heterocycles. The number of hydrogen-bond acceptors (Lipinski definition) is 2. The van der Waals surface area contributed by atoms with Crippen LogP contribution in [0.25, 0.3) is 10.9 Å². The predicted octanol–water partition coefficient (Wildman–Crippen LogP) is 4.26. The molecule has 0 fully saturated rings. The van der Waals surface area contributed by atoms with Gasteiger partial charge in [0, 0.05) is 42.8 Å². The van der Waals surface area contributed by atoms with Crippen LogP contribution in [0.4, 0.5) is 0 Å². The summed E-state index contributed by atoms with van der Waals surface area (Å²) < 4.78 is 5.70. The summed E-state index contributed by atoms with van der Waals surface area (Å²) in [6.45, 7) is 5.63. The van der Waals surface area contributed by atoms with Crippen molar-refractivity contribution in [3.8, 4) is 5.75 Å². The molecular weight excluding hydrogens is 463 g/mol. The highest BCUT2D eigenvalue weighted by atomic mass is 127. The molecule has 3 N–H and O–H groups in total. The molecule has 148 valence electrons. The van der Waals surface area contributed by atoms with Crippen molar-refractivity contribution in [3.63, 3.8) is 0 Å². The zero-order valence-corrected chi connectivity index (χ0v) is 18.4. The molecule has 0 bridgehead atoms. The summed E-state index contributed by atoms with van der Waals surface area (Å²) in [5, 5.41) is 7.99. The van der Waals surface area contributed by atoms with Gasteiger partial charge >= 0.3 is 0 Å². The first-order valence-electron chi connectivity index (χ1n) is 9.13. The molecule has 28 heavy (non-hydrogen) atoms. The number of benzene rings is 2. The average molecular weight is 490 g/mol. The van der Waals surface area contributed by atoms with Gasteiger partial charge in [-0.2, -0.15) is 0 Å². The maximum atomic E-state index is 5.70. The second-order valence-electron chi connectivity index (χ2n) is 6.17. The summed E-state index contributed by atoms with van der Waals surface area (Å²) in [5.41, 5.74) is 3.56. The van der Waals surface area contributed by atoms with Crippen LogP contribution in [0, 0.1) is 0 Å². The van der Waals surface area contributed by atoms with Crippen LogP contribution in [-0.2, 0) is 13.0 Å². The van der Waals surface area contributed by atoms with E-state index in [4.69, 9.17) is 4.74 Å². The van der Waals surface area contributed by atoms with Crippen LogP contribution in [0.1, 0.15) is 11.1 Å². The monoisotopic (exact) mass is 490 g/mol. The Morgan fingerprint density at radius 1 is 1.11 bits per heavy atom. The van der Waals surface area contributed by atoms with Crippen molar-refractivity contribution in [3.05, 3.63) is 78.5 Å². The Labute approximate surface area is 183 Å². The van der Waals surface area contributed by atoms with Crippen LogP contribution >= 0.6 is 24.0 Å². The van der Waals surface area contributed by atoms with E-state index in [1.165, 1.54) is 16.5 Å². The van der Waals surface area contributed by atoms with Crippen LogP contribution in [0.5, 0.6) is 5.75 Å². The van der Waals surface area contributed by atoms with Gasteiger partial charge in [0.05, 0.1) is 0 Å². The highest BCUT2D eigenvalue weighted by Gasteiger charge is 2.06. The fourth-order valence-corrected chi connectivity index (χ4v) is 2.99. The van der Waals surface area contributed by atoms with Crippen LogP contribution in [0.2, 0.25) is 0 Å². The van der Waals surface area contributed by atoms with Crippen molar-refractivity contribution in [2.45, 2.75) is 13.0 Å². The summed E-state index contributed by atoms with van der Waals surface area (Å²) in [6, 6.07) is 16.3. The van der Waals surface area contributed by atoms with Gasteiger partial charge in [0.15, 0.2) is 5.96 Å². The van der Waals surface area contributed by atoms with E-state index < -0.39 is 0 Å². The van der Waals surface area contributed by atoms with Crippen molar-refractivity contribution in [2.75, 3.05) is 20.2 Å². The van der Waals surface area contributed by atoms with Crippen molar-refractivity contribution in [1.82, 2.24) is 15.6 Å². The Morgan fingerprint density at radius 3 is 2.71 bits per heavy atom. The number of H-pyrrole nitrogens is 1. The summed E-state index contributed by atoms with van der Waals surface area (Å²) in [5.74, 6) is 1.63. The molecule has 3 aromatic rings. The summed E-state index contributed by atoms with van der Waals surface area (Å²) in [7, 11) is 1.78. The van der Waals surface area contributed by atoms with Crippen molar-refractivity contribution >= 4 is 40.8 Å². The molecule has 0 atom stereocenters. The molecule has 0 aliphatic carbocycles. The number of aromatic amines is 1. The van der Waals surface area contributed by atoms with E-state index >= 15 is 0 Å². The number of aromatic nitrogens is 1. The van der Waals surface area contributed by atoms with Gasteiger partial charge in [-0.1, -0.05) is 49.1 Å². The predicted molar refractivity (Wildman–Crippen MR) is 128 cm³/mol. The Hall–Kier alpha value is -2.48. The number of aliphatic imine (C=N–C) groups is 1. The maximum Gasteiger partial charge on any atom is 0.191 e. The number of rotatable bonds is 8. The number of para-hydroxylation sites is 2. The molecule has 0 spiro atoms. The lowest BCUT2D eigenvalue weighted by Gasteiger charge is -2.14. The first-order chi connectivity index (χ1) is 13.3. The van der Waals surface area contributed by atoms with Crippen LogP contribution in [0.15, 0.2) is 72.4 Å². The standard InChI is InChI=1S/C22H26N4O.HI/c1-3-14-27-21-11-7-4-8-18(21)16-26-22(23-2)24-13-12-17-15-25-20-10-6-5-9-19(17)20;/h3-11,15,25H,1,12-14,16H2,2H3,(H2,23,24,26);1H. The fourth-order valence-electron chi connectivity index (χ4n) is 2.99. The second kappa shape index (κ2) is 11.4. The molecule has 6 heteroatoms. The number of hydrogen-bond donors (Lipinski definition) is 3. The Kier molecular flexibility index (Phi) is 8.87. The minimum absolute atomic E-state index is 0. The first kappa shape index (κ1) is 21.8. The van der Waals surface area contributed by atoms with E-state index in [0.29, 0.717) is 13.2 Å². The molecule has 0 radical (unpaired) electrons. The van der Waals surface area contributed by atoms with E-state index in [-0.39, 0.29) is 24.0 Å². The third-order valence-electron chi connectivity index (χ3n) is 4.36. The van der Waals surface area contributed by atoms with E-state index in [9.17, 15) is 0 Å².